The Balaban J connectivity index is 1.54. The van der Waals surface area contributed by atoms with Crippen LogP contribution in [0.15, 0.2) is 54.7 Å². The van der Waals surface area contributed by atoms with E-state index in [1.165, 1.54) is 30.7 Å². The Morgan fingerprint density at radius 1 is 1.03 bits per heavy atom. The molecular formula is C24H26FN3O2. The molecule has 5 nitrogen and oxygen atoms in total. The van der Waals surface area contributed by atoms with Crippen LogP contribution in [-0.2, 0) is 11.2 Å². The van der Waals surface area contributed by atoms with Crippen LogP contribution in [0.2, 0.25) is 0 Å². The zero-order valence-corrected chi connectivity index (χ0v) is 16.8. The predicted molar refractivity (Wildman–Crippen MR) is 115 cm³/mol. The number of rotatable bonds is 6. The number of halogens is 1. The van der Waals surface area contributed by atoms with Gasteiger partial charge >= 0.3 is 0 Å². The highest BCUT2D eigenvalue weighted by atomic mass is 19.1. The Bertz CT molecular complexity index is 1020. The van der Waals surface area contributed by atoms with Gasteiger partial charge < -0.3 is 15.6 Å². The third-order valence-electron chi connectivity index (χ3n) is 5.78. The monoisotopic (exact) mass is 407 g/mol. The third kappa shape index (κ3) is 4.70. The molecule has 3 aromatic rings. The Labute approximate surface area is 175 Å². The van der Waals surface area contributed by atoms with E-state index in [9.17, 15) is 14.0 Å². The number of carbonyl (C=O) groups excluding carboxylic acids is 2. The lowest BCUT2D eigenvalue weighted by atomic mass is 9.95. The van der Waals surface area contributed by atoms with E-state index in [2.05, 4.69) is 15.6 Å². The number of para-hydroxylation sites is 1. The van der Waals surface area contributed by atoms with Gasteiger partial charge in [-0.15, -0.1) is 0 Å². The van der Waals surface area contributed by atoms with E-state index in [0.717, 1.165) is 42.1 Å². The number of aromatic amines is 1. The smallest absolute Gasteiger partial charge is 0.251 e. The molecule has 2 amide bonds. The molecule has 1 aromatic heterocycles. The van der Waals surface area contributed by atoms with Crippen LogP contribution in [0.5, 0.6) is 0 Å². The number of benzene rings is 2. The summed E-state index contributed by atoms with van der Waals surface area (Å²) in [5.41, 5.74) is 2.28. The van der Waals surface area contributed by atoms with Crippen LogP contribution in [0.4, 0.5) is 4.39 Å². The van der Waals surface area contributed by atoms with Gasteiger partial charge in [-0.25, -0.2) is 4.39 Å². The number of fused-ring (bicyclic) bond motifs is 1. The molecule has 1 unspecified atom stereocenters. The van der Waals surface area contributed by atoms with Crippen molar-refractivity contribution in [2.75, 3.05) is 0 Å². The molecule has 3 N–H and O–H groups in total. The average Bonchev–Trinajstić information content (AvgIpc) is 3.17. The molecule has 2 aromatic carbocycles. The van der Waals surface area contributed by atoms with Crippen LogP contribution in [0, 0.1) is 5.82 Å². The standard InChI is InChI=1S/C24H26FN3O2/c25-18-12-10-16(11-13-18)23(29)28-22(24(30)27-19-6-2-1-3-7-19)14-17-15-26-21-9-5-4-8-20(17)21/h4-5,8-13,15,19,22,26H,1-3,6-7,14H2,(H,27,30)(H,28,29). The summed E-state index contributed by atoms with van der Waals surface area (Å²) in [6.45, 7) is 0. The minimum absolute atomic E-state index is 0.152. The molecule has 0 bridgehead atoms. The van der Waals surface area contributed by atoms with E-state index in [4.69, 9.17) is 0 Å². The second kappa shape index (κ2) is 9.11. The van der Waals surface area contributed by atoms with E-state index in [-0.39, 0.29) is 11.9 Å². The molecule has 1 aliphatic carbocycles. The van der Waals surface area contributed by atoms with Crippen molar-refractivity contribution in [3.8, 4) is 0 Å². The molecule has 30 heavy (non-hydrogen) atoms. The fourth-order valence-corrected chi connectivity index (χ4v) is 4.12. The van der Waals surface area contributed by atoms with E-state index in [1.54, 1.807) is 0 Å². The lowest BCUT2D eigenvalue weighted by Gasteiger charge is -2.26. The number of H-pyrrole nitrogens is 1. The van der Waals surface area contributed by atoms with Gasteiger partial charge in [0.05, 0.1) is 0 Å². The first-order valence-corrected chi connectivity index (χ1v) is 10.5. The average molecular weight is 407 g/mol. The van der Waals surface area contributed by atoms with Crippen molar-refractivity contribution in [2.24, 2.45) is 0 Å². The van der Waals surface area contributed by atoms with Crippen LogP contribution in [0.1, 0.15) is 48.0 Å². The molecular weight excluding hydrogens is 381 g/mol. The van der Waals surface area contributed by atoms with Crippen molar-refractivity contribution in [3.63, 3.8) is 0 Å². The Morgan fingerprint density at radius 2 is 1.77 bits per heavy atom. The van der Waals surface area contributed by atoms with E-state index < -0.39 is 17.8 Å². The van der Waals surface area contributed by atoms with Gasteiger partial charge in [0.2, 0.25) is 5.91 Å². The summed E-state index contributed by atoms with van der Waals surface area (Å²) in [5.74, 6) is -0.974. The van der Waals surface area contributed by atoms with Gasteiger partial charge in [0.25, 0.3) is 5.91 Å². The molecule has 0 spiro atoms. The first-order valence-electron chi connectivity index (χ1n) is 10.5. The van der Waals surface area contributed by atoms with Crippen LogP contribution < -0.4 is 10.6 Å². The topological polar surface area (TPSA) is 74.0 Å². The molecule has 156 valence electrons. The molecule has 1 fully saturated rings. The third-order valence-corrected chi connectivity index (χ3v) is 5.78. The van der Waals surface area contributed by atoms with Crippen LogP contribution in [-0.4, -0.2) is 28.9 Å². The van der Waals surface area contributed by atoms with Gasteiger partial charge in [-0.3, -0.25) is 9.59 Å². The van der Waals surface area contributed by atoms with E-state index in [0.29, 0.717) is 12.0 Å². The Morgan fingerprint density at radius 3 is 2.53 bits per heavy atom. The maximum atomic E-state index is 13.2. The maximum absolute atomic E-state index is 13.2. The molecule has 0 aliphatic heterocycles. The lowest BCUT2D eigenvalue weighted by Crippen LogP contribution is -2.51. The summed E-state index contributed by atoms with van der Waals surface area (Å²) in [6, 6.07) is 12.6. The van der Waals surface area contributed by atoms with Crippen molar-refractivity contribution in [2.45, 2.75) is 50.6 Å². The molecule has 1 heterocycles. The van der Waals surface area contributed by atoms with Gasteiger partial charge in [-0.1, -0.05) is 37.5 Å². The van der Waals surface area contributed by atoms with Gasteiger partial charge in [-0.2, -0.15) is 0 Å². The molecule has 4 rings (SSSR count). The largest absolute Gasteiger partial charge is 0.361 e. The minimum atomic E-state index is -0.719. The van der Waals surface area contributed by atoms with Crippen molar-refractivity contribution < 1.29 is 14.0 Å². The Kier molecular flexibility index (Phi) is 6.12. The summed E-state index contributed by atoms with van der Waals surface area (Å²) < 4.78 is 13.2. The van der Waals surface area contributed by atoms with Crippen molar-refractivity contribution >= 4 is 22.7 Å². The van der Waals surface area contributed by atoms with Gasteiger partial charge in [-0.05, 0) is 48.7 Å². The SMILES string of the molecule is O=C(NC(Cc1c[nH]c2ccccc12)C(=O)NC1CCCCC1)c1ccc(F)cc1. The highest BCUT2D eigenvalue weighted by Gasteiger charge is 2.26. The molecule has 1 aliphatic rings. The number of hydrogen-bond donors (Lipinski definition) is 3. The summed E-state index contributed by atoms with van der Waals surface area (Å²) >= 11 is 0. The first kappa shape index (κ1) is 20.1. The lowest BCUT2D eigenvalue weighted by molar-refractivity contribution is -0.123. The number of carbonyl (C=O) groups is 2. The Hall–Kier alpha value is -3.15. The fourth-order valence-electron chi connectivity index (χ4n) is 4.12. The number of aromatic nitrogens is 1. The highest BCUT2D eigenvalue weighted by molar-refractivity contribution is 5.98. The van der Waals surface area contributed by atoms with Crippen molar-refractivity contribution in [1.29, 1.82) is 0 Å². The van der Waals surface area contributed by atoms with Gasteiger partial charge in [0, 0.05) is 35.1 Å². The second-order valence-electron chi connectivity index (χ2n) is 7.94. The summed E-state index contributed by atoms with van der Waals surface area (Å²) in [7, 11) is 0. The highest BCUT2D eigenvalue weighted by Crippen LogP contribution is 2.21. The van der Waals surface area contributed by atoms with E-state index in [1.807, 2.05) is 30.5 Å². The number of amides is 2. The van der Waals surface area contributed by atoms with Crippen molar-refractivity contribution in [3.05, 3.63) is 71.7 Å². The van der Waals surface area contributed by atoms with Crippen LogP contribution in [0.3, 0.4) is 0 Å². The molecule has 1 atom stereocenters. The summed E-state index contributed by atoms with van der Waals surface area (Å²) in [5, 5.41) is 7.01. The summed E-state index contributed by atoms with van der Waals surface area (Å²) in [6.07, 6.45) is 7.62. The second-order valence-corrected chi connectivity index (χ2v) is 7.94. The molecule has 0 radical (unpaired) electrons. The van der Waals surface area contributed by atoms with Crippen molar-refractivity contribution in [1.82, 2.24) is 15.6 Å². The summed E-state index contributed by atoms with van der Waals surface area (Å²) in [4.78, 5) is 29.1. The zero-order chi connectivity index (χ0) is 20.9. The van der Waals surface area contributed by atoms with Gasteiger partial charge in [0.1, 0.15) is 11.9 Å². The zero-order valence-electron chi connectivity index (χ0n) is 16.8. The molecule has 6 heteroatoms. The first-order chi connectivity index (χ1) is 14.6. The molecule has 0 saturated heterocycles. The minimum Gasteiger partial charge on any atom is -0.361 e. The van der Waals surface area contributed by atoms with Gasteiger partial charge in [0.15, 0.2) is 0 Å². The maximum Gasteiger partial charge on any atom is 0.251 e. The fraction of sp³-hybridized carbons (Fsp3) is 0.333. The van der Waals surface area contributed by atoms with Crippen LogP contribution >= 0.6 is 0 Å². The van der Waals surface area contributed by atoms with Crippen LogP contribution in [0.25, 0.3) is 10.9 Å². The quantitative estimate of drug-likeness (QED) is 0.576. The number of nitrogens with one attached hydrogen (secondary N) is 3. The molecule has 1 saturated carbocycles. The van der Waals surface area contributed by atoms with E-state index >= 15 is 0 Å². The predicted octanol–water partition coefficient (Wildman–Crippen LogP) is 4.10. The number of hydrogen-bond acceptors (Lipinski definition) is 2. The normalized spacial score (nSPS) is 15.6.